The van der Waals surface area contributed by atoms with E-state index in [-0.39, 0.29) is 23.6 Å². The number of hydrogen-bond acceptors (Lipinski definition) is 3. The van der Waals surface area contributed by atoms with E-state index in [2.05, 4.69) is 19.2 Å². The lowest BCUT2D eigenvalue weighted by Gasteiger charge is -2.31. The van der Waals surface area contributed by atoms with Gasteiger partial charge >= 0.3 is 0 Å². The smallest absolute Gasteiger partial charge is 0.223 e. The molecule has 2 rings (SSSR count). The van der Waals surface area contributed by atoms with Crippen LogP contribution in [0.5, 0.6) is 0 Å². The number of nitrogens with one attached hydrogen (secondary N) is 1. The van der Waals surface area contributed by atoms with E-state index in [9.17, 15) is 13.2 Å². The molecule has 1 saturated heterocycles. The average Bonchev–Trinajstić information content (AvgIpc) is 2.54. The average molecular weight is 387 g/mol. The molecule has 1 aliphatic rings. The van der Waals surface area contributed by atoms with Crippen LogP contribution in [-0.2, 0) is 20.6 Å². The van der Waals surface area contributed by atoms with Crippen LogP contribution in [0.15, 0.2) is 24.3 Å². The Kier molecular flexibility index (Phi) is 6.88. The Labute approximate surface area is 155 Å². The highest BCUT2D eigenvalue weighted by molar-refractivity contribution is 7.88. The molecule has 1 aromatic rings. The van der Waals surface area contributed by atoms with E-state index in [0.29, 0.717) is 42.4 Å². The molecular formula is C18H27ClN2O3S. The number of amides is 1. The minimum Gasteiger partial charge on any atom is -0.353 e. The topological polar surface area (TPSA) is 66.5 Å². The van der Waals surface area contributed by atoms with Crippen LogP contribution in [0.25, 0.3) is 0 Å². The monoisotopic (exact) mass is 386 g/mol. The van der Waals surface area contributed by atoms with Crippen LogP contribution in [0.1, 0.15) is 39.2 Å². The Morgan fingerprint density at radius 1 is 1.28 bits per heavy atom. The van der Waals surface area contributed by atoms with Gasteiger partial charge in [-0.2, -0.15) is 0 Å². The third-order valence-corrected chi connectivity index (χ3v) is 6.91. The van der Waals surface area contributed by atoms with Crippen LogP contribution in [0.4, 0.5) is 0 Å². The van der Waals surface area contributed by atoms with Crippen molar-refractivity contribution in [2.24, 2.45) is 11.8 Å². The first kappa shape index (κ1) is 20.2. The molecule has 0 aromatic heterocycles. The minimum atomic E-state index is -3.40. The highest BCUT2D eigenvalue weighted by Crippen LogP contribution is 2.23. The van der Waals surface area contributed by atoms with E-state index in [1.54, 1.807) is 24.3 Å². The highest BCUT2D eigenvalue weighted by atomic mass is 35.5. The standard InChI is InChI=1S/C18H27ClN2O3S/c1-13(2)14(3)20-18(22)16-7-9-21(10-8-16)25(23,24)12-15-5-4-6-17(19)11-15/h4-6,11,13-14,16H,7-10,12H2,1-3H3,(H,20,22)/t14-/m1/s1. The Bertz CT molecular complexity index is 698. The van der Waals surface area contributed by atoms with Crippen LogP contribution in [0, 0.1) is 11.8 Å². The molecule has 1 aromatic carbocycles. The lowest BCUT2D eigenvalue weighted by atomic mass is 9.96. The molecule has 25 heavy (non-hydrogen) atoms. The molecule has 0 bridgehead atoms. The third-order valence-electron chi connectivity index (χ3n) is 4.83. The number of hydrogen-bond donors (Lipinski definition) is 1. The summed E-state index contributed by atoms with van der Waals surface area (Å²) in [4.78, 5) is 12.3. The summed E-state index contributed by atoms with van der Waals surface area (Å²) in [6, 6.07) is 7.03. The van der Waals surface area contributed by atoms with Crippen LogP contribution in [-0.4, -0.2) is 37.8 Å². The van der Waals surface area contributed by atoms with Crippen molar-refractivity contribution < 1.29 is 13.2 Å². The number of benzene rings is 1. The van der Waals surface area contributed by atoms with Gasteiger partial charge in [-0.05, 0) is 43.4 Å². The molecule has 0 saturated carbocycles. The summed E-state index contributed by atoms with van der Waals surface area (Å²) in [5, 5.41) is 3.56. The molecule has 1 fully saturated rings. The van der Waals surface area contributed by atoms with Gasteiger partial charge in [0.15, 0.2) is 0 Å². The second kappa shape index (κ2) is 8.52. The Morgan fingerprint density at radius 2 is 1.92 bits per heavy atom. The van der Waals surface area contributed by atoms with Crippen LogP contribution in [0.3, 0.4) is 0 Å². The maximum Gasteiger partial charge on any atom is 0.223 e. The lowest BCUT2D eigenvalue weighted by Crippen LogP contribution is -2.46. The van der Waals surface area contributed by atoms with E-state index in [0.717, 1.165) is 0 Å². The van der Waals surface area contributed by atoms with Gasteiger partial charge in [0.1, 0.15) is 0 Å². The molecule has 7 heteroatoms. The number of sulfonamides is 1. The summed E-state index contributed by atoms with van der Waals surface area (Å²) < 4.78 is 26.7. The SMILES string of the molecule is CC(C)[C@@H](C)NC(=O)C1CCN(S(=O)(=O)Cc2cccc(Cl)c2)CC1. The predicted octanol–water partition coefficient (Wildman–Crippen LogP) is 3.04. The molecule has 0 aliphatic carbocycles. The summed E-state index contributed by atoms with van der Waals surface area (Å²) in [6.45, 7) is 6.90. The second-order valence-electron chi connectivity index (χ2n) is 7.10. The van der Waals surface area contributed by atoms with Crippen molar-refractivity contribution in [2.75, 3.05) is 13.1 Å². The Balaban J connectivity index is 1.91. The quantitative estimate of drug-likeness (QED) is 0.817. The summed E-state index contributed by atoms with van der Waals surface area (Å²) in [6.07, 6.45) is 1.12. The lowest BCUT2D eigenvalue weighted by molar-refractivity contribution is -0.127. The summed E-state index contributed by atoms with van der Waals surface area (Å²) >= 11 is 5.92. The number of carbonyl (C=O) groups is 1. The molecule has 140 valence electrons. The van der Waals surface area contributed by atoms with Crippen molar-refractivity contribution in [3.05, 3.63) is 34.9 Å². The molecule has 1 atom stereocenters. The fourth-order valence-corrected chi connectivity index (χ4v) is 4.60. The van der Waals surface area contributed by atoms with E-state index >= 15 is 0 Å². The third kappa shape index (κ3) is 5.69. The summed E-state index contributed by atoms with van der Waals surface area (Å²) in [5.74, 6) is 0.239. The normalized spacial score (nSPS) is 18.3. The van der Waals surface area contributed by atoms with Crippen LogP contribution < -0.4 is 5.32 Å². The van der Waals surface area contributed by atoms with Crippen molar-refractivity contribution in [3.8, 4) is 0 Å². The van der Waals surface area contributed by atoms with Gasteiger partial charge in [-0.1, -0.05) is 37.6 Å². The second-order valence-corrected chi connectivity index (χ2v) is 9.51. The first-order chi connectivity index (χ1) is 11.7. The van der Waals surface area contributed by atoms with Crippen LogP contribution >= 0.6 is 11.6 Å². The number of carbonyl (C=O) groups excluding carboxylic acids is 1. The number of halogens is 1. The highest BCUT2D eigenvalue weighted by Gasteiger charge is 2.31. The molecule has 1 amide bonds. The van der Waals surface area contributed by atoms with Gasteiger partial charge in [-0.3, -0.25) is 4.79 Å². The zero-order chi connectivity index (χ0) is 18.6. The van der Waals surface area contributed by atoms with E-state index in [4.69, 9.17) is 11.6 Å². The minimum absolute atomic E-state index is 0.0353. The van der Waals surface area contributed by atoms with Crippen molar-refractivity contribution in [1.29, 1.82) is 0 Å². The predicted molar refractivity (Wildman–Crippen MR) is 101 cm³/mol. The zero-order valence-corrected chi connectivity index (χ0v) is 16.6. The molecule has 5 nitrogen and oxygen atoms in total. The maximum atomic E-state index is 12.6. The van der Waals surface area contributed by atoms with E-state index < -0.39 is 10.0 Å². The molecule has 1 N–H and O–H groups in total. The first-order valence-corrected chi connectivity index (χ1v) is 10.7. The molecular weight excluding hydrogens is 360 g/mol. The molecule has 0 spiro atoms. The van der Waals surface area contributed by atoms with Crippen LogP contribution in [0.2, 0.25) is 5.02 Å². The summed E-state index contributed by atoms with van der Waals surface area (Å²) in [5.41, 5.74) is 0.679. The fourth-order valence-electron chi connectivity index (χ4n) is 2.83. The van der Waals surface area contributed by atoms with Gasteiger partial charge in [0.2, 0.25) is 15.9 Å². The fraction of sp³-hybridized carbons (Fsp3) is 0.611. The number of rotatable bonds is 6. The van der Waals surface area contributed by atoms with Gasteiger partial charge < -0.3 is 5.32 Å². The Morgan fingerprint density at radius 3 is 2.48 bits per heavy atom. The van der Waals surface area contributed by atoms with Gasteiger partial charge in [-0.25, -0.2) is 12.7 Å². The van der Waals surface area contributed by atoms with Gasteiger partial charge in [0, 0.05) is 30.1 Å². The maximum absolute atomic E-state index is 12.6. The molecule has 1 aliphatic heterocycles. The molecule has 0 radical (unpaired) electrons. The molecule has 0 unspecified atom stereocenters. The van der Waals surface area contributed by atoms with Crippen molar-refractivity contribution in [1.82, 2.24) is 9.62 Å². The van der Waals surface area contributed by atoms with Crippen molar-refractivity contribution in [2.45, 2.75) is 45.4 Å². The first-order valence-electron chi connectivity index (χ1n) is 8.71. The van der Waals surface area contributed by atoms with Crippen molar-refractivity contribution in [3.63, 3.8) is 0 Å². The van der Waals surface area contributed by atoms with E-state index in [1.165, 1.54) is 4.31 Å². The number of piperidine rings is 1. The van der Waals surface area contributed by atoms with Gasteiger partial charge in [0.25, 0.3) is 0 Å². The molecule has 1 heterocycles. The Hall–Kier alpha value is -1.11. The largest absolute Gasteiger partial charge is 0.353 e. The van der Waals surface area contributed by atoms with Gasteiger partial charge in [0.05, 0.1) is 5.75 Å². The van der Waals surface area contributed by atoms with Crippen molar-refractivity contribution >= 4 is 27.5 Å². The number of nitrogens with zero attached hydrogens (tertiary/aromatic N) is 1. The van der Waals surface area contributed by atoms with E-state index in [1.807, 2.05) is 6.92 Å². The summed E-state index contributed by atoms with van der Waals surface area (Å²) in [7, 11) is -3.40. The van der Waals surface area contributed by atoms with Gasteiger partial charge in [-0.15, -0.1) is 0 Å². The zero-order valence-electron chi connectivity index (χ0n) is 15.0.